The van der Waals surface area contributed by atoms with Crippen LogP contribution in [0.4, 0.5) is 0 Å². The number of nitriles is 1. The molecule has 0 spiro atoms. The molecule has 1 aromatic heterocycles. The first kappa shape index (κ1) is 12.1. The number of aryl methyl sites for hydroxylation is 1. The Morgan fingerprint density at radius 2 is 1.89 bits per heavy atom. The molecule has 0 saturated heterocycles. The van der Waals surface area contributed by atoms with Crippen LogP contribution < -0.4 is 0 Å². The van der Waals surface area contributed by atoms with E-state index >= 15 is 0 Å². The molecular weight excluding hydrogens is 224 g/mol. The van der Waals surface area contributed by atoms with Crippen LogP contribution >= 0.6 is 0 Å². The molecule has 1 aromatic carbocycles. The largest absolute Gasteiger partial charge is 0.505 e. The molecule has 0 radical (unpaired) electrons. The second-order valence-corrected chi connectivity index (χ2v) is 4.38. The van der Waals surface area contributed by atoms with Gasteiger partial charge in [0.1, 0.15) is 6.07 Å². The molecule has 1 heterocycles. The van der Waals surface area contributed by atoms with Crippen LogP contribution in [0.1, 0.15) is 22.3 Å². The molecule has 2 aromatic rings. The molecule has 3 heteroatoms. The van der Waals surface area contributed by atoms with Crippen molar-refractivity contribution in [3.05, 3.63) is 46.6 Å². The monoisotopic (exact) mass is 238 g/mol. The van der Waals surface area contributed by atoms with Gasteiger partial charge in [0.05, 0.1) is 17.5 Å². The molecule has 0 atom stereocenters. The number of hydrogen-bond acceptors (Lipinski definition) is 3. The first-order chi connectivity index (χ1) is 8.54. The summed E-state index contributed by atoms with van der Waals surface area (Å²) in [5.74, 6) is -0.0808. The third-order valence-electron chi connectivity index (χ3n) is 3.34. The third kappa shape index (κ3) is 1.93. The highest BCUT2D eigenvalue weighted by Crippen LogP contribution is 2.28. The number of rotatable bonds is 1. The lowest BCUT2D eigenvalue weighted by atomic mass is 9.96. The van der Waals surface area contributed by atoms with Crippen LogP contribution in [0.15, 0.2) is 24.4 Å². The average molecular weight is 238 g/mol. The molecule has 0 saturated carbocycles. The molecular formula is C15H14N2O. The van der Waals surface area contributed by atoms with Crippen molar-refractivity contribution in [2.24, 2.45) is 0 Å². The van der Waals surface area contributed by atoms with Crippen molar-refractivity contribution in [2.75, 3.05) is 0 Å². The van der Waals surface area contributed by atoms with E-state index in [2.05, 4.69) is 18.8 Å². The highest BCUT2D eigenvalue weighted by molar-refractivity contribution is 5.68. The third-order valence-corrected chi connectivity index (χ3v) is 3.34. The van der Waals surface area contributed by atoms with Gasteiger partial charge in [-0.2, -0.15) is 5.26 Å². The molecule has 2 rings (SSSR count). The van der Waals surface area contributed by atoms with Gasteiger partial charge in [0, 0.05) is 5.56 Å². The van der Waals surface area contributed by atoms with Crippen molar-refractivity contribution in [1.29, 1.82) is 5.26 Å². The SMILES string of the molecule is Cc1ccc(-c2cc(C#N)c(O)cn2)c(C)c1C. The minimum atomic E-state index is -0.0808. The maximum Gasteiger partial charge on any atom is 0.151 e. The predicted molar refractivity (Wildman–Crippen MR) is 70.3 cm³/mol. The Kier molecular flexibility index (Phi) is 3.03. The highest BCUT2D eigenvalue weighted by Gasteiger charge is 2.09. The summed E-state index contributed by atoms with van der Waals surface area (Å²) in [5, 5.41) is 18.4. The summed E-state index contributed by atoms with van der Waals surface area (Å²) < 4.78 is 0. The molecule has 0 aliphatic heterocycles. The van der Waals surface area contributed by atoms with Gasteiger partial charge in [-0.15, -0.1) is 0 Å². The Bertz CT molecular complexity index is 654. The minimum Gasteiger partial charge on any atom is -0.505 e. The van der Waals surface area contributed by atoms with E-state index in [0.717, 1.165) is 11.1 Å². The highest BCUT2D eigenvalue weighted by atomic mass is 16.3. The molecule has 18 heavy (non-hydrogen) atoms. The maximum atomic E-state index is 9.46. The number of aromatic nitrogens is 1. The van der Waals surface area contributed by atoms with Crippen molar-refractivity contribution >= 4 is 0 Å². The summed E-state index contributed by atoms with van der Waals surface area (Å²) in [4.78, 5) is 4.19. The minimum absolute atomic E-state index is 0.0808. The second-order valence-electron chi connectivity index (χ2n) is 4.38. The van der Waals surface area contributed by atoms with Crippen LogP contribution in [0.5, 0.6) is 5.75 Å². The van der Waals surface area contributed by atoms with Crippen LogP contribution in [-0.4, -0.2) is 10.1 Å². The van der Waals surface area contributed by atoms with Crippen molar-refractivity contribution in [3.63, 3.8) is 0 Å². The molecule has 90 valence electrons. The summed E-state index contributed by atoms with van der Waals surface area (Å²) in [6.07, 6.45) is 1.32. The predicted octanol–water partition coefficient (Wildman–Crippen LogP) is 3.25. The Hall–Kier alpha value is -2.34. The Morgan fingerprint density at radius 3 is 2.56 bits per heavy atom. The summed E-state index contributed by atoms with van der Waals surface area (Å²) >= 11 is 0. The van der Waals surface area contributed by atoms with Gasteiger partial charge in [-0.05, 0) is 43.5 Å². The van der Waals surface area contributed by atoms with E-state index in [1.165, 1.54) is 17.3 Å². The van der Waals surface area contributed by atoms with Crippen molar-refractivity contribution in [1.82, 2.24) is 4.98 Å². The summed E-state index contributed by atoms with van der Waals surface area (Å²) in [6, 6.07) is 7.62. The van der Waals surface area contributed by atoms with Gasteiger partial charge in [-0.3, -0.25) is 4.98 Å². The van der Waals surface area contributed by atoms with Gasteiger partial charge in [0.25, 0.3) is 0 Å². The number of aromatic hydroxyl groups is 1. The van der Waals surface area contributed by atoms with Crippen LogP contribution in [0.25, 0.3) is 11.3 Å². The van der Waals surface area contributed by atoms with Crippen LogP contribution in [0.3, 0.4) is 0 Å². The van der Waals surface area contributed by atoms with E-state index in [1.54, 1.807) is 6.07 Å². The van der Waals surface area contributed by atoms with Crippen molar-refractivity contribution < 1.29 is 5.11 Å². The zero-order valence-electron chi connectivity index (χ0n) is 10.7. The fourth-order valence-corrected chi connectivity index (χ4v) is 1.92. The topological polar surface area (TPSA) is 56.9 Å². The van der Waals surface area contributed by atoms with Crippen molar-refractivity contribution in [2.45, 2.75) is 20.8 Å². The smallest absolute Gasteiger partial charge is 0.151 e. The summed E-state index contributed by atoms with van der Waals surface area (Å²) in [6.45, 7) is 6.18. The van der Waals surface area contributed by atoms with Gasteiger partial charge in [-0.25, -0.2) is 0 Å². The van der Waals surface area contributed by atoms with E-state index in [4.69, 9.17) is 5.26 Å². The molecule has 3 nitrogen and oxygen atoms in total. The number of benzene rings is 1. The zero-order chi connectivity index (χ0) is 13.3. The molecule has 1 N–H and O–H groups in total. The van der Waals surface area contributed by atoms with E-state index in [9.17, 15) is 5.11 Å². The van der Waals surface area contributed by atoms with E-state index in [0.29, 0.717) is 5.69 Å². The molecule has 0 aliphatic rings. The molecule has 0 fully saturated rings. The van der Waals surface area contributed by atoms with Gasteiger partial charge in [0.15, 0.2) is 5.75 Å². The number of hydrogen-bond donors (Lipinski definition) is 1. The van der Waals surface area contributed by atoms with E-state index in [-0.39, 0.29) is 11.3 Å². The van der Waals surface area contributed by atoms with Gasteiger partial charge in [0.2, 0.25) is 0 Å². The lowest BCUT2D eigenvalue weighted by Crippen LogP contribution is -1.93. The normalized spacial score (nSPS) is 10.1. The summed E-state index contributed by atoms with van der Waals surface area (Å²) in [5.41, 5.74) is 5.56. The maximum absolute atomic E-state index is 9.46. The van der Waals surface area contributed by atoms with E-state index < -0.39 is 0 Å². The zero-order valence-corrected chi connectivity index (χ0v) is 10.7. The van der Waals surface area contributed by atoms with Gasteiger partial charge >= 0.3 is 0 Å². The molecule has 0 unspecified atom stereocenters. The van der Waals surface area contributed by atoms with Crippen LogP contribution in [-0.2, 0) is 0 Å². The van der Waals surface area contributed by atoms with E-state index in [1.807, 2.05) is 25.1 Å². The Balaban J connectivity index is 2.64. The first-order valence-corrected chi connectivity index (χ1v) is 5.71. The average Bonchev–Trinajstić information content (AvgIpc) is 2.37. The van der Waals surface area contributed by atoms with Crippen LogP contribution in [0.2, 0.25) is 0 Å². The fraction of sp³-hybridized carbons (Fsp3) is 0.200. The molecule has 0 amide bonds. The lowest BCUT2D eigenvalue weighted by Gasteiger charge is -2.11. The molecule has 0 bridgehead atoms. The number of nitrogens with zero attached hydrogens (tertiary/aromatic N) is 2. The Labute approximate surface area is 106 Å². The lowest BCUT2D eigenvalue weighted by molar-refractivity contribution is 0.471. The fourth-order valence-electron chi connectivity index (χ4n) is 1.92. The van der Waals surface area contributed by atoms with Crippen LogP contribution in [0, 0.1) is 32.1 Å². The molecule has 0 aliphatic carbocycles. The van der Waals surface area contributed by atoms with Gasteiger partial charge < -0.3 is 5.11 Å². The first-order valence-electron chi connectivity index (χ1n) is 5.71. The van der Waals surface area contributed by atoms with Crippen molar-refractivity contribution in [3.8, 4) is 23.1 Å². The van der Waals surface area contributed by atoms with Gasteiger partial charge in [-0.1, -0.05) is 12.1 Å². The number of pyridine rings is 1. The second kappa shape index (κ2) is 4.50. The Morgan fingerprint density at radius 1 is 1.17 bits per heavy atom. The standard InChI is InChI=1S/C15H14N2O/c1-9-4-5-13(11(3)10(9)2)14-6-12(7-16)15(18)8-17-14/h4-6,8,18H,1-3H3. The quantitative estimate of drug-likeness (QED) is 0.829. The summed E-state index contributed by atoms with van der Waals surface area (Å²) in [7, 11) is 0.